The van der Waals surface area contributed by atoms with Gasteiger partial charge in [0.25, 0.3) is 0 Å². The van der Waals surface area contributed by atoms with E-state index in [4.69, 9.17) is 19.1 Å². The van der Waals surface area contributed by atoms with Gasteiger partial charge >= 0.3 is 19.8 Å². The molecule has 0 spiro atoms. The molecular weight excluding hydrogens is 719 g/mol. The van der Waals surface area contributed by atoms with Crippen molar-refractivity contribution >= 4 is 25.5 Å². The van der Waals surface area contributed by atoms with Gasteiger partial charge in [-0.05, 0) is 38.0 Å². The van der Waals surface area contributed by atoms with Gasteiger partial charge in [-0.25, -0.2) is 4.57 Å². The third-order valence-electron chi connectivity index (χ3n) is 9.41. The first-order chi connectivity index (χ1) is 25.8. The third-order valence-corrected chi connectivity index (χ3v) is 10.4. The van der Waals surface area contributed by atoms with Crippen molar-refractivity contribution in [2.75, 3.05) is 26.4 Å². The van der Waals surface area contributed by atoms with Crippen LogP contribution in [0.1, 0.15) is 143 Å². The molecular formula is C40H71O13P. The summed E-state index contributed by atoms with van der Waals surface area (Å²) in [4.78, 5) is 47.5. The Morgan fingerprint density at radius 2 is 1.48 bits per heavy atom. The van der Waals surface area contributed by atoms with Crippen molar-refractivity contribution in [3.63, 3.8) is 0 Å². The Bertz CT molecular complexity index is 1130. The number of ketones is 1. The molecule has 0 aliphatic heterocycles. The molecule has 1 aliphatic rings. The number of unbranched alkanes of at least 4 members (excludes halogenated alkanes) is 10. The van der Waals surface area contributed by atoms with Crippen LogP contribution in [-0.4, -0.2) is 93.9 Å². The van der Waals surface area contributed by atoms with E-state index in [1.165, 1.54) is 32.1 Å². The number of allylic oxidation sites excluding steroid dienone is 3. The summed E-state index contributed by atoms with van der Waals surface area (Å²) in [5.41, 5.74) is 0. The number of aliphatic hydroxyl groups excluding tert-OH is 4. The maximum absolute atomic E-state index is 12.7. The first kappa shape index (κ1) is 50.1. The summed E-state index contributed by atoms with van der Waals surface area (Å²) >= 11 is 0. The van der Waals surface area contributed by atoms with Gasteiger partial charge in [-0.1, -0.05) is 116 Å². The number of phosphoric ester groups is 1. The van der Waals surface area contributed by atoms with Crippen molar-refractivity contribution in [2.45, 2.75) is 167 Å². The fraction of sp³-hybridized carbons (Fsp3) is 0.825. The van der Waals surface area contributed by atoms with Crippen LogP contribution in [0.3, 0.4) is 0 Å². The molecule has 0 radical (unpaired) electrons. The molecule has 14 heteroatoms. The second kappa shape index (κ2) is 30.2. The minimum atomic E-state index is -4.69. The normalized spacial score (nSPS) is 20.5. The summed E-state index contributed by atoms with van der Waals surface area (Å²) in [6, 6.07) is 0. The van der Waals surface area contributed by atoms with E-state index in [1.54, 1.807) is 12.2 Å². The van der Waals surface area contributed by atoms with Crippen molar-refractivity contribution in [3.8, 4) is 0 Å². The van der Waals surface area contributed by atoms with Crippen molar-refractivity contribution in [1.29, 1.82) is 0 Å². The van der Waals surface area contributed by atoms with E-state index >= 15 is 0 Å². The van der Waals surface area contributed by atoms with Crippen LogP contribution in [0.5, 0.6) is 0 Å². The zero-order valence-electron chi connectivity index (χ0n) is 33.1. The quantitative estimate of drug-likeness (QED) is 0.0204. The van der Waals surface area contributed by atoms with Crippen LogP contribution >= 0.6 is 7.82 Å². The molecule has 7 atom stereocenters. The van der Waals surface area contributed by atoms with Crippen molar-refractivity contribution in [2.24, 2.45) is 17.8 Å². The fourth-order valence-electron chi connectivity index (χ4n) is 6.16. The zero-order valence-corrected chi connectivity index (χ0v) is 34.0. The largest absolute Gasteiger partial charge is 0.472 e. The van der Waals surface area contributed by atoms with Crippen LogP contribution in [0.2, 0.25) is 0 Å². The number of carbonyl (C=O) groups is 3. The highest BCUT2D eigenvalue weighted by Gasteiger charge is 2.39. The predicted octanol–water partition coefficient (Wildman–Crippen LogP) is 6.67. The second-order valence-electron chi connectivity index (χ2n) is 14.9. The molecule has 1 unspecified atom stereocenters. The Hall–Kier alpha value is -1.96. The maximum atomic E-state index is 12.7. The second-order valence-corrected chi connectivity index (χ2v) is 16.4. The number of rotatable bonds is 33. The highest BCUT2D eigenvalue weighted by atomic mass is 31.2. The number of hydrogen-bond donors (Lipinski definition) is 5. The van der Waals surface area contributed by atoms with Crippen LogP contribution in [0.15, 0.2) is 24.3 Å². The van der Waals surface area contributed by atoms with Gasteiger partial charge in [0.2, 0.25) is 0 Å². The van der Waals surface area contributed by atoms with E-state index in [0.717, 1.165) is 44.4 Å². The summed E-state index contributed by atoms with van der Waals surface area (Å²) in [6.45, 7) is 4.20. The molecule has 13 nitrogen and oxygen atoms in total. The fourth-order valence-corrected chi connectivity index (χ4v) is 6.95. The van der Waals surface area contributed by atoms with E-state index in [2.05, 4.69) is 25.3 Å². The molecule has 0 amide bonds. The molecule has 1 saturated carbocycles. The summed E-state index contributed by atoms with van der Waals surface area (Å²) in [7, 11) is -4.69. The van der Waals surface area contributed by atoms with Crippen molar-refractivity contribution < 1.29 is 62.8 Å². The Kier molecular flexibility index (Phi) is 28.0. The van der Waals surface area contributed by atoms with Crippen LogP contribution in [-0.2, 0) is 37.5 Å². The van der Waals surface area contributed by atoms with E-state index in [1.807, 2.05) is 12.2 Å². The van der Waals surface area contributed by atoms with Gasteiger partial charge < -0.3 is 34.8 Å². The van der Waals surface area contributed by atoms with Gasteiger partial charge in [0.05, 0.1) is 32.0 Å². The molecule has 1 aliphatic carbocycles. The monoisotopic (exact) mass is 790 g/mol. The van der Waals surface area contributed by atoms with Crippen LogP contribution in [0.4, 0.5) is 0 Å². The molecule has 0 saturated heterocycles. The van der Waals surface area contributed by atoms with Gasteiger partial charge in [0, 0.05) is 31.1 Å². The Morgan fingerprint density at radius 3 is 2.15 bits per heavy atom. The van der Waals surface area contributed by atoms with E-state index in [0.29, 0.717) is 32.1 Å². The van der Waals surface area contributed by atoms with Gasteiger partial charge in [-0.2, -0.15) is 0 Å². The number of ether oxygens (including phenoxy) is 2. The smallest absolute Gasteiger partial charge is 0.462 e. The Morgan fingerprint density at radius 1 is 0.852 bits per heavy atom. The third kappa shape index (κ3) is 25.2. The average molecular weight is 791 g/mol. The average Bonchev–Trinajstić information content (AvgIpc) is 3.40. The molecule has 1 rings (SSSR count). The lowest BCUT2D eigenvalue weighted by atomic mass is 9.90. The standard InChI is InChI=1S/C40H71O13P/c1-4-5-14-20-32(42)24-25-36-35(37(44)26-38(36)45)21-16-12-13-18-23-40(47)53-34(30-52-54(48,49)51-28-33(43)27-41)29-50-39(46)22-17-11-9-7-6-8-10-15-19-31(2)3/h12,16,24-25,31-37,41-44H,4-11,13-15,17-23,26-30H2,1-3H3,(H,48,49)/b16-12-,25-24+/t32-,33-,34+,35+,36+,37-/m0/s1. The summed E-state index contributed by atoms with van der Waals surface area (Å²) in [6.07, 6.45) is 18.2. The first-order valence-electron chi connectivity index (χ1n) is 20.3. The molecule has 54 heavy (non-hydrogen) atoms. The van der Waals surface area contributed by atoms with Crippen molar-refractivity contribution in [1.82, 2.24) is 0 Å². The number of esters is 2. The number of carbonyl (C=O) groups excluding carboxylic acids is 3. The zero-order chi connectivity index (χ0) is 40.2. The number of aliphatic hydroxyl groups is 4. The predicted molar refractivity (Wildman–Crippen MR) is 206 cm³/mol. The summed E-state index contributed by atoms with van der Waals surface area (Å²) in [5.74, 6) is -1.20. The lowest BCUT2D eigenvalue weighted by Crippen LogP contribution is -2.29. The number of Topliss-reactive ketones (excluding diaryl/α,β-unsaturated/α-hetero) is 1. The molecule has 0 aromatic carbocycles. The lowest BCUT2D eigenvalue weighted by Gasteiger charge is -2.20. The molecule has 0 bridgehead atoms. The van der Waals surface area contributed by atoms with Gasteiger partial charge in [-0.3, -0.25) is 23.4 Å². The number of phosphoric acid groups is 1. The Labute approximate surface area is 323 Å². The van der Waals surface area contributed by atoms with Crippen LogP contribution < -0.4 is 0 Å². The molecule has 5 N–H and O–H groups in total. The highest BCUT2D eigenvalue weighted by molar-refractivity contribution is 7.47. The van der Waals surface area contributed by atoms with E-state index < -0.39 is 76.5 Å². The maximum Gasteiger partial charge on any atom is 0.472 e. The number of hydrogen-bond acceptors (Lipinski definition) is 12. The highest BCUT2D eigenvalue weighted by Crippen LogP contribution is 2.43. The summed E-state index contributed by atoms with van der Waals surface area (Å²) in [5, 5.41) is 39.0. The molecule has 0 aromatic heterocycles. The lowest BCUT2D eigenvalue weighted by molar-refractivity contribution is -0.161. The molecule has 0 aromatic rings. The van der Waals surface area contributed by atoms with Gasteiger partial charge in [-0.15, -0.1) is 0 Å². The first-order valence-corrected chi connectivity index (χ1v) is 21.7. The molecule has 1 fully saturated rings. The Balaban J connectivity index is 2.54. The van der Waals surface area contributed by atoms with E-state index in [9.17, 15) is 39.2 Å². The van der Waals surface area contributed by atoms with Gasteiger partial charge in [0.15, 0.2) is 6.10 Å². The van der Waals surface area contributed by atoms with Gasteiger partial charge in [0.1, 0.15) is 18.5 Å². The SMILES string of the molecule is CCCCC[C@H](O)/C=C/[C@H]1C(=O)C[C@H](O)[C@@H]1C/C=C\CCCC(=O)O[C@H](COC(=O)CCCCCCCCCCC(C)C)COP(=O)(O)OC[C@@H](O)CO. The molecule has 314 valence electrons. The molecule has 0 heterocycles. The van der Waals surface area contributed by atoms with Crippen molar-refractivity contribution in [3.05, 3.63) is 24.3 Å². The van der Waals surface area contributed by atoms with Crippen LogP contribution in [0.25, 0.3) is 0 Å². The summed E-state index contributed by atoms with van der Waals surface area (Å²) < 4.78 is 32.6. The van der Waals surface area contributed by atoms with Crippen LogP contribution in [0, 0.1) is 17.8 Å². The minimum absolute atomic E-state index is 0.00564. The minimum Gasteiger partial charge on any atom is -0.462 e. The van der Waals surface area contributed by atoms with E-state index in [-0.39, 0.29) is 31.0 Å². The topological polar surface area (TPSA) is 206 Å².